The highest BCUT2D eigenvalue weighted by atomic mass is 15.3. The van der Waals surface area contributed by atoms with Gasteiger partial charge in [-0.15, -0.1) is 0 Å². The summed E-state index contributed by atoms with van der Waals surface area (Å²) < 4.78 is 2.08. The van der Waals surface area contributed by atoms with E-state index in [0.717, 1.165) is 35.8 Å². The van der Waals surface area contributed by atoms with Gasteiger partial charge < -0.3 is 5.73 Å². The van der Waals surface area contributed by atoms with Crippen LogP contribution in [0.5, 0.6) is 0 Å². The minimum absolute atomic E-state index is 0.526. The van der Waals surface area contributed by atoms with Crippen LogP contribution in [0.4, 0.5) is 5.82 Å². The summed E-state index contributed by atoms with van der Waals surface area (Å²) in [7, 11) is 0. The lowest BCUT2D eigenvalue weighted by atomic mass is 10.1. The minimum Gasteiger partial charge on any atom is -0.382 e. The van der Waals surface area contributed by atoms with Gasteiger partial charge in [-0.2, -0.15) is 5.10 Å². The molecule has 4 nitrogen and oxygen atoms in total. The molecule has 4 heteroatoms. The molecule has 0 unspecified atom stereocenters. The number of nitrogens with two attached hydrogens (primary N) is 1. The molecule has 0 radical (unpaired) electrons. The Kier molecular flexibility index (Phi) is 2.85. The average molecular weight is 254 g/mol. The molecule has 1 aromatic carbocycles. The lowest BCUT2D eigenvalue weighted by Crippen LogP contribution is -2.03. The fourth-order valence-corrected chi connectivity index (χ4v) is 2.68. The predicted octanol–water partition coefficient (Wildman–Crippen LogP) is 3.14. The standard InChI is InChI=1S/C15H18N4/c1-3-9-19-12(4-2)13-10-7-5-6-8-11(10)17-15(16)14(13)18-19/h5-8H,3-4,9H2,1-2H3,(H2,16,17). The summed E-state index contributed by atoms with van der Waals surface area (Å²) in [6, 6.07) is 8.13. The lowest BCUT2D eigenvalue weighted by Gasteiger charge is -2.04. The van der Waals surface area contributed by atoms with Gasteiger partial charge in [-0.3, -0.25) is 4.68 Å². The van der Waals surface area contributed by atoms with Crippen LogP contribution in [0.25, 0.3) is 21.8 Å². The second-order valence-electron chi connectivity index (χ2n) is 4.76. The molecule has 0 amide bonds. The topological polar surface area (TPSA) is 56.7 Å². The van der Waals surface area contributed by atoms with Crippen LogP contribution in [0.2, 0.25) is 0 Å². The zero-order valence-corrected chi connectivity index (χ0v) is 11.3. The van der Waals surface area contributed by atoms with E-state index in [1.165, 1.54) is 11.1 Å². The van der Waals surface area contributed by atoms with Crippen LogP contribution in [0.15, 0.2) is 24.3 Å². The van der Waals surface area contributed by atoms with Crippen LogP contribution in [0, 0.1) is 0 Å². The van der Waals surface area contributed by atoms with Crippen molar-refractivity contribution in [2.24, 2.45) is 0 Å². The second-order valence-corrected chi connectivity index (χ2v) is 4.76. The molecule has 2 N–H and O–H groups in total. The van der Waals surface area contributed by atoms with E-state index >= 15 is 0 Å². The number of aryl methyl sites for hydroxylation is 2. The quantitative estimate of drug-likeness (QED) is 0.781. The van der Waals surface area contributed by atoms with Gasteiger partial charge >= 0.3 is 0 Å². The summed E-state index contributed by atoms with van der Waals surface area (Å²) in [5, 5.41) is 6.96. The molecule has 0 aliphatic heterocycles. The van der Waals surface area contributed by atoms with Crippen LogP contribution in [0.3, 0.4) is 0 Å². The monoisotopic (exact) mass is 254 g/mol. The highest BCUT2D eigenvalue weighted by Crippen LogP contribution is 2.30. The first-order valence-corrected chi connectivity index (χ1v) is 6.79. The van der Waals surface area contributed by atoms with E-state index in [1.54, 1.807) is 0 Å². The molecule has 0 bridgehead atoms. The van der Waals surface area contributed by atoms with E-state index in [4.69, 9.17) is 5.73 Å². The fourth-order valence-electron chi connectivity index (χ4n) is 2.68. The largest absolute Gasteiger partial charge is 0.382 e. The Morgan fingerprint density at radius 1 is 1.21 bits per heavy atom. The molecule has 3 rings (SSSR count). The molecule has 0 atom stereocenters. The first-order chi connectivity index (χ1) is 9.26. The van der Waals surface area contributed by atoms with Gasteiger partial charge in [-0.1, -0.05) is 32.0 Å². The van der Waals surface area contributed by atoms with E-state index in [-0.39, 0.29) is 0 Å². The summed E-state index contributed by atoms with van der Waals surface area (Å²) >= 11 is 0. The normalized spacial score (nSPS) is 11.5. The molecular weight excluding hydrogens is 236 g/mol. The van der Waals surface area contributed by atoms with Crippen LogP contribution < -0.4 is 5.73 Å². The predicted molar refractivity (Wildman–Crippen MR) is 79.1 cm³/mol. The maximum Gasteiger partial charge on any atom is 0.152 e. The van der Waals surface area contributed by atoms with Gasteiger partial charge in [0, 0.05) is 23.0 Å². The van der Waals surface area contributed by atoms with Crippen LogP contribution in [-0.4, -0.2) is 14.8 Å². The number of benzene rings is 1. The number of anilines is 1. The van der Waals surface area contributed by atoms with Gasteiger partial charge in [0.1, 0.15) is 5.52 Å². The summed E-state index contributed by atoms with van der Waals surface area (Å²) in [6.45, 7) is 5.24. The maximum absolute atomic E-state index is 6.07. The number of aromatic nitrogens is 3. The molecule has 3 aromatic rings. The minimum atomic E-state index is 0.526. The molecule has 98 valence electrons. The average Bonchev–Trinajstić information content (AvgIpc) is 2.78. The zero-order chi connectivity index (χ0) is 13.4. The number of nitrogens with zero attached hydrogens (tertiary/aromatic N) is 3. The van der Waals surface area contributed by atoms with Crippen LogP contribution >= 0.6 is 0 Å². The van der Waals surface area contributed by atoms with Gasteiger partial charge in [0.05, 0.1) is 5.52 Å². The van der Waals surface area contributed by atoms with E-state index < -0.39 is 0 Å². The number of hydrogen-bond acceptors (Lipinski definition) is 3. The summed E-state index contributed by atoms with van der Waals surface area (Å²) in [5.41, 5.74) is 9.10. The number of pyridine rings is 1. The third-order valence-electron chi connectivity index (χ3n) is 3.48. The molecule has 2 heterocycles. The summed E-state index contributed by atoms with van der Waals surface area (Å²) in [4.78, 5) is 4.45. The summed E-state index contributed by atoms with van der Waals surface area (Å²) in [5.74, 6) is 0.526. The maximum atomic E-state index is 6.07. The van der Waals surface area contributed by atoms with Crippen molar-refractivity contribution in [3.8, 4) is 0 Å². The smallest absolute Gasteiger partial charge is 0.152 e. The van der Waals surface area contributed by atoms with Gasteiger partial charge in [0.2, 0.25) is 0 Å². The third-order valence-corrected chi connectivity index (χ3v) is 3.48. The van der Waals surface area contributed by atoms with Crippen molar-refractivity contribution in [3.05, 3.63) is 30.0 Å². The molecule has 0 saturated carbocycles. The first-order valence-electron chi connectivity index (χ1n) is 6.79. The molecule has 0 aliphatic rings. The van der Waals surface area contributed by atoms with E-state index in [1.807, 2.05) is 18.2 Å². The number of hydrogen-bond donors (Lipinski definition) is 1. The van der Waals surface area contributed by atoms with Crippen molar-refractivity contribution in [1.29, 1.82) is 0 Å². The Labute approximate surface area is 112 Å². The number of nitrogen functional groups attached to an aromatic ring is 1. The van der Waals surface area contributed by atoms with Gasteiger partial charge in [0.15, 0.2) is 5.82 Å². The van der Waals surface area contributed by atoms with Crippen molar-refractivity contribution < 1.29 is 0 Å². The fraction of sp³-hybridized carbons (Fsp3) is 0.333. The first kappa shape index (κ1) is 12.0. The van der Waals surface area contributed by atoms with Gasteiger partial charge in [-0.05, 0) is 18.9 Å². The zero-order valence-electron chi connectivity index (χ0n) is 11.3. The highest BCUT2D eigenvalue weighted by Gasteiger charge is 2.15. The van der Waals surface area contributed by atoms with E-state index in [9.17, 15) is 0 Å². The van der Waals surface area contributed by atoms with Crippen molar-refractivity contribution in [2.45, 2.75) is 33.2 Å². The van der Waals surface area contributed by atoms with Crippen LogP contribution in [-0.2, 0) is 13.0 Å². The third kappa shape index (κ3) is 1.75. The molecular formula is C15H18N4. The van der Waals surface area contributed by atoms with E-state index in [2.05, 4.69) is 34.7 Å². The molecule has 0 saturated heterocycles. The number of fused-ring (bicyclic) bond motifs is 3. The van der Waals surface area contributed by atoms with E-state index in [0.29, 0.717) is 5.82 Å². The van der Waals surface area contributed by atoms with Crippen molar-refractivity contribution in [1.82, 2.24) is 14.8 Å². The molecule has 2 aromatic heterocycles. The molecule has 19 heavy (non-hydrogen) atoms. The van der Waals surface area contributed by atoms with Gasteiger partial charge in [0.25, 0.3) is 0 Å². The number of para-hydroxylation sites is 1. The highest BCUT2D eigenvalue weighted by molar-refractivity contribution is 6.09. The van der Waals surface area contributed by atoms with Crippen molar-refractivity contribution in [3.63, 3.8) is 0 Å². The second kappa shape index (κ2) is 4.53. The molecule has 0 fully saturated rings. The Balaban J connectivity index is 2.47. The van der Waals surface area contributed by atoms with Crippen molar-refractivity contribution >= 4 is 27.6 Å². The van der Waals surface area contributed by atoms with Crippen LogP contribution in [0.1, 0.15) is 26.0 Å². The Hall–Kier alpha value is -2.10. The van der Waals surface area contributed by atoms with Gasteiger partial charge in [-0.25, -0.2) is 4.98 Å². The number of rotatable bonds is 3. The Morgan fingerprint density at radius 2 is 2.00 bits per heavy atom. The lowest BCUT2D eigenvalue weighted by molar-refractivity contribution is 0.583. The van der Waals surface area contributed by atoms with Crippen molar-refractivity contribution in [2.75, 3.05) is 5.73 Å². The molecule has 0 spiro atoms. The Morgan fingerprint density at radius 3 is 2.74 bits per heavy atom. The Bertz CT molecular complexity index is 743. The molecule has 0 aliphatic carbocycles. The summed E-state index contributed by atoms with van der Waals surface area (Å²) in [6.07, 6.45) is 2.01. The SMILES string of the molecule is CCCn1nc2c(N)nc3ccccc3c2c1CC.